The van der Waals surface area contributed by atoms with Crippen molar-refractivity contribution in [1.29, 1.82) is 5.26 Å². The highest BCUT2D eigenvalue weighted by Crippen LogP contribution is 2.31. The lowest BCUT2D eigenvalue weighted by Crippen LogP contribution is -2.61. The van der Waals surface area contributed by atoms with Gasteiger partial charge in [0.15, 0.2) is 0 Å². The Hall–Kier alpha value is -2.39. The largest absolute Gasteiger partial charge is 0.378 e. The van der Waals surface area contributed by atoms with Gasteiger partial charge in [0.2, 0.25) is 5.91 Å². The summed E-state index contributed by atoms with van der Waals surface area (Å²) in [6.07, 6.45) is 0. The van der Waals surface area contributed by atoms with Crippen LogP contribution in [0.4, 0.5) is 10.5 Å². The molecule has 2 atom stereocenters. The molecular formula is C15H15N3O3. The van der Waals surface area contributed by atoms with Crippen molar-refractivity contribution in [3.8, 4) is 6.07 Å². The van der Waals surface area contributed by atoms with Gasteiger partial charge in [0.1, 0.15) is 0 Å². The summed E-state index contributed by atoms with van der Waals surface area (Å²) in [5, 5.41) is 8.82. The molecule has 3 rings (SSSR count). The second-order valence-electron chi connectivity index (χ2n) is 5.11. The molecule has 0 spiro atoms. The highest BCUT2D eigenvalue weighted by Gasteiger charge is 2.49. The number of ether oxygens (including phenoxy) is 1. The van der Waals surface area contributed by atoms with Crippen molar-refractivity contribution in [2.45, 2.75) is 13.0 Å². The molecule has 0 bridgehead atoms. The van der Waals surface area contributed by atoms with Crippen LogP contribution in [0.2, 0.25) is 0 Å². The van der Waals surface area contributed by atoms with Crippen molar-refractivity contribution < 1.29 is 14.3 Å². The van der Waals surface area contributed by atoms with Gasteiger partial charge >= 0.3 is 6.03 Å². The van der Waals surface area contributed by atoms with Crippen LogP contribution >= 0.6 is 0 Å². The zero-order valence-electron chi connectivity index (χ0n) is 11.7. The molecule has 21 heavy (non-hydrogen) atoms. The monoisotopic (exact) mass is 285 g/mol. The molecule has 0 radical (unpaired) electrons. The number of benzene rings is 1. The zero-order valence-corrected chi connectivity index (χ0v) is 11.7. The second-order valence-corrected chi connectivity index (χ2v) is 5.11. The van der Waals surface area contributed by atoms with Gasteiger partial charge in [-0.1, -0.05) is 0 Å². The number of amides is 3. The molecule has 3 amide bonds. The van der Waals surface area contributed by atoms with Crippen molar-refractivity contribution in [3.05, 3.63) is 29.8 Å². The predicted octanol–water partition coefficient (Wildman–Crippen LogP) is 1.36. The molecule has 2 aliphatic heterocycles. The minimum atomic E-state index is -0.320. The van der Waals surface area contributed by atoms with Crippen molar-refractivity contribution in [1.82, 2.24) is 4.90 Å². The molecule has 1 aromatic rings. The quantitative estimate of drug-likeness (QED) is 0.822. The van der Waals surface area contributed by atoms with Crippen LogP contribution < -0.4 is 4.90 Å². The Morgan fingerprint density at radius 2 is 2.00 bits per heavy atom. The van der Waals surface area contributed by atoms with Gasteiger partial charge in [-0.2, -0.15) is 5.26 Å². The third kappa shape index (κ3) is 2.06. The first-order valence-corrected chi connectivity index (χ1v) is 6.90. The Morgan fingerprint density at radius 1 is 1.29 bits per heavy atom. The van der Waals surface area contributed by atoms with E-state index in [-0.39, 0.29) is 23.9 Å². The van der Waals surface area contributed by atoms with E-state index in [4.69, 9.17) is 10.00 Å². The van der Waals surface area contributed by atoms with Crippen LogP contribution in [0, 0.1) is 17.2 Å². The lowest BCUT2D eigenvalue weighted by atomic mass is 9.97. The molecule has 6 heteroatoms. The smallest absolute Gasteiger partial charge is 0.331 e. The third-order valence-corrected chi connectivity index (χ3v) is 4.02. The number of anilines is 1. The number of likely N-dealkylation sites (N-methyl/N-ethyl adjacent to an activating group) is 1. The van der Waals surface area contributed by atoms with E-state index < -0.39 is 0 Å². The van der Waals surface area contributed by atoms with E-state index in [1.165, 1.54) is 4.90 Å². The van der Waals surface area contributed by atoms with Gasteiger partial charge in [0, 0.05) is 6.54 Å². The fourth-order valence-corrected chi connectivity index (χ4v) is 2.91. The summed E-state index contributed by atoms with van der Waals surface area (Å²) in [4.78, 5) is 28.0. The maximum atomic E-state index is 12.6. The number of nitrogens with zero attached hydrogens (tertiary/aromatic N) is 3. The Bertz CT molecular complexity index is 620. The van der Waals surface area contributed by atoms with E-state index in [0.717, 1.165) is 0 Å². The lowest BCUT2D eigenvalue weighted by molar-refractivity contribution is -0.124. The molecule has 1 aromatic carbocycles. The second kappa shape index (κ2) is 5.19. The Kier molecular flexibility index (Phi) is 3.35. The van der Waals surface area contributed by atoms with E-state index in [9.17, 15) is 9.59 Å². The van der Waals surface area contributed by atoms with Gasteiger partial charge in [-0.25, -0.2) is 9.69 Å². The summed E-state index contributed by atoms with van der Waals surface area (Å²) in [6.45, 7) is 3.18. The number of imide groups is 1. The number of urea groups is 1. The summed E-state index contributed by atoms with van der Waals surface area (Å²) in [7, 11) is 0. The van der Waals surface area contributed by atoms with Gasteiger partial charge in [-0.15, -0.1) is 0 Å². The van der Waals surface area contributed by atoms with E-state index in [1.807, 2.05) is 13.0 Å². The van der Waals surface area contributed by atoms with Gasteiger partial charge in [0.25, 0.3) is 0 Å². The topological polar surface area (TPSA) is 73.6 Å². The van der Waals surface area contributed by atoms with E-state index in [1.54, 1.807) is 29.2 Å². The Morgan fingerprint density at radius 3 is 2.62 bits per heavy atom. The molecule has 2 saturated heterocycles. The number of fused-ring (bicyclic) bond motifs is 1. The number of hydrogen-bond donors (Lipinski definition) is 0. The zero-order chi connectivity index (χ0) is 15.0. The van der Waals surface area contributed by atoms with Crippen LogP contribution in [0.25, 0.3) is 0 Å². The fourth-order valence-electron chi connectivity index (χ4n) is 2.91. The number of nitriles is 1. The average molecular weight is 285 g/mol. The van der Waals surface area contributed by atoms with Crippen LogP contribution in [0.5, 0.6) is 0 Å². The number of hydrogen-bond acceptors (Lipinski definition) is 4. The summed E-state index contributed by atoms with van der Waals surface area (Å²) in [5.41, 5.74) is 0.984. The fraction of sp³-hybridized carbons (Fsp3) is 0.400. The molecule has 108 valence electrons. The van der Waals surface area contributed by atoms with E-state index >= 15 is 0 Å². The van der Waals surface area contributed by atoms with Crippen molar-refractivity contribution in [2.75, 3.05) is 24.7 Å². The highest BCUT2D eigenvalue weighted by atomic mass is 16.5. The first-order chi connectivity index (χ1) is 10.2. The maximum Gasteiger partial charge on any atom is 0.331 e. The molecule has 0 N–H and O–H groups in total. The maximum absolute atomic E-state index is 12.6. The average Bonchev–Trinajstić information content (AvgIpc) is 2.98. The van der Waals surface area contributed by atoms with Crippen molar-refractivity contribution in [2.24, 2.45) is 5.92 Å². The molecular weight excluding hydrogens is 270 g/mol. The van der Waals surface area contributed by atoms with Crippen molar-refractivity contribution >= 4 is 17.6 Å². The van der Waals surface area contributed by atoms with Crippen molar-refractivity contribution in [3.63, 3.8) is 0 Å². The minimum Gasteiger partial charge on any atom is -0.378 e. The molecule has 2 fully saturated rings. The highest BCUT2D eigenvalue weighted by molar-refractivity contribution is 6.17. The Balaban J connectivity index is 1.98. The molecule has 0 saturated carbocycles. The summed E-state index contributed by atoms with van der Waals surface area (Å²) < 4.78 is 5.38. The number of rotatable bonds is 2. The summed E-state index contributed by atoms with van der Waals surface area (Å²) >= 11 is 0. The van der Waals surface area contributed by atoms with Gasteiger partial charge in [-0.3, -0.25) is 4.79 Å². The first-order valence-electron chi connectivity index (χ1n) is 6.90. The third-order valence-electron chi connectivity index (χ3n) is 4.02. The van der Waals surface area contributed by atoms with E-state index in [0.29, 0.717) is 31.0 Å². The van der Waals surface area contributed by atoms with Gasteiger partial charge in [0.05, 0.1) is 42.5 Å². The van der Waals surface area contributed by atoms with Crippen LogP contribution in [-0.4, -0.2) is 42.6 Å². The van der Waals surface area contributed by atoms with Crippen LogP contribution in [0.15, 0.2) is 24.3 Å². The SMILES string of the molecule is CCN1C(=O)N(c2ccc(C#N)cc2)C(=O)C2COCC21. The minimum absolute atomic E-state index is 0.162. The molecule has 0 aliphatic carbocycles. The normalized spacial score (nSPS) is 25.0. The van der Waals surface area contributed by atoms with Gasteiger partial charge < -0.3 is 9.64 Å². The molecule has 2 unspecified atom stereocenters. The van der Waals surface area contributed by atoms with Gasteiger partial charge in [-0.05, 0) is 31.2 Å². The summed E-state index contributed by atoms with van der Waals surface area (Å²) in [5.74, 6) is -0.532. The number of carbonyl (C=O) groups is 2. The van der Waals surface area contributed by atoms with Crippen LogP contribution in [0.3, 0.4) is 0 Å². The molecule has 6 nitrogen and oxygen atoms in total. The molecule has 0 aromatic heterocycles. The predicted molar refractivity (Wildman–Crippen MR) is 74.5 cm³/mol. The lowest BCUT2D eigenvalue weighted by Gasteiger charge is -2.40. The van der Waals surface area contributed by atoms with Crippen LogP contribution in [-0.2, 0) is 9.53 Å². The summed E-state index contributed by atoms with van der Waals surface area (Å²) in [6, 6.07) is 7.98. The Labute approximate surface area is 122 Å². The van der Waals surface area contributed by atoms with Crippen LogP contribution in [0.1, 0.15) is 12.5 Å². The molecule has 2 aliphatic rings. The number of carbonyl (C=O) groups excluding carboxylic acids is 2. The molecule has 2 heterocycles. The van der Waals surface area contributed by atoms with E-state index in [2.05, 4.69) is 0 Å². The first kappa shape index (κ1) is 13.6. The standard InChI is InChI=1S/C15H15N3O3/c1-2-17-13-9-21-8-12(13)14(19)18(15(17)20)11-5-3-10(7-16)4-6-11/h3-6,12-13H,2,8-9H2,1H3.